The molecule has 0 fully saturated rings. The SMILES string of the molecule is CC(C)(C(=O)O)c1csc(Cc2ccncc2)n1. The molecule has 0 aliphatic heterocycles. The second-order valence-corrected chi connectivity index (χ2v) is 5.53. The van der Waals surface area contributed by atoms with E-state index in [2.05, 4.69) is 9.97 Å². The van der Waals surface area contributed by atoms with Crippen LogP contribution in [0.2, 0.25) is 0 Å². The van der Waals surface area contributed by atoms with Crippen LogP contribution in [-0.4, -0.2) is 21.0 Å². The van der Waals surface area contributed by atoms with Crippen molar-refractivity contribution in [1.29, 1.82) is 0 Å². The second-order valence-electron chi connectivity index (χ2n) is 4.59. The Bertz CT molecular complexity index is 549. The van der Waals surface area contributed by atoms with E-state index in [4.69, 9.17) is 5.11 Å². The van der Waals surface area contributed by atoms with Gasteiger partial charge in [0.15, 0.2) is 0 Å². The first-order valence-electron chi connectivity index (χ1n) is 5.57. The van der Waals surface area contributed by atoms with E-state index in [9.17, 15) is 4.79 Å². The average Bonchev–Trinajstić information content (AvgIpc) is 2.79. The third-order valence-electron chi connectivity index (χ3n) is 2.83. The van der Waals surface area contributed by atoms with Gasteiger partial charge in [0.1, 0.15) is 5.41 Å². The van der Waals surface area contributed by atoms with Gasteiger partial charge in [-0.15, -0.1) is 11.3 Å². The predicted octanol–water partition coefficient (Wildman–Crippen LogP) is 2.49. The van der Waals surface area contributed by atoms with Crippen LogP contribution in [0, 0.1) is 0 Å². The van der Waals surface area contributed by atoms with E-state index in [1.807, 2.05) is 17.5 Å². The molecule has 1 N–H and O–H groups in total. The molecule has 2 aromatic heterocycles. The molecular weight excluding hydrogens is 248 g/mol. The lowest BCUT2D eigenvalue weighted by atomic mass is 9.90. The standard InChI is InChI=1S/C13H14N2O2S/c1-13(2,12(16)17)10-8-18-11(15-10)7-9-3-5-14-6-4-9/h3-6,8H,7H2,1-2H3,(H,16,17). The van der Waals surface area contributed by atoms with Gasteiger partial charge in [0.25, 0.3) is 0 Å². The Labute approximate surface area is 109 Å². The normalized spacial score (nSPS) is 11.4. The van der Waals surface area contributed by atoms with E-state index in [1.165, 1.54) is 11.3 Å². The third-order valence-corrected chi connectivity index (χ3v) is 3.68. The van der Waals surface area contributed by atoms with Crippen molar-refractivity contribution >= 4 is 17.3 Å². The molecule has 18 heavy (non-hydrogen) atoms. The summed E-state index contributed by atoms with van der Waals surface area (Å²) in [6, 6.07) is 3.87. The fourth-order valence-corrected chi connectivity index (χ4v) is 2.46. The fraction of sp³-hybridized carbons (Fsp3) is 0.308. The predicted molar refractivity (Wildman–Crippen MR) is 69.8 cm³/mol. The van der Waals surface area contributed by atoms with Crippen LogP contribution in [0.25, 0.3) is 0 Å². The third kappa shape index (κ3) is 2.56. The quantitative estimate of drug-likeness (QED) is 0.919. The molecule has 0 aromatic carbocycles. The summed E-state index contributed by atoms with van der Waals surface area (Å²) < 4.78 is 0. The fourth-order valence-electron chi connectivity index (χ4n) is 1.46. The van der Waals surface area contributed by atoms with E-state index in [0.29, 0.717) is 12.1 Å². The van der Waals surface area contributed by atoms with Gasteiger partial charge < -0.3 is 5.11 Å². The second kappa shape index (κ2) is 4.86. The molecule has 5 heteroatoms. The van der Waals surface area contributed by atoms with Crippen molar-refractivity contribution in [3.63, 3.8) is 0 Å². The summed E-state index contributed by atoms with van der Waals surface area (Å²) in [5.41, 5.74) is 0.801. The van der Waals surface area contributed by atoms with Gasteiger partial charge >= 0.3 is 5.97 Å². The molecule has 0 saturated carbocycles. The largest absolute Gasteiger partial charge is 0.481 e. The number of hydrogen-bond acceptors (Lipinski definition) is 4. The Morgan fingerprint density at radius 2 is 2.06 bits per heavy atom. The zero-order valence-corrected chi connectivity index (χ0v) is 11.1. The van der Waals surface area contributed by atoms with Crippen LogP contribution in [0.15, 0.2) is 29.9 Å². The van der Waals surface area contributed by atoms with Gasteiger partial charge in [-0.2, -0.15) is 0 Å². The van der Waals surface area contributed by atoms with Crippen molar-refractivity contribution in [1.82, 2.24) is 9.97 Å². The number of carbonyl (C=O) groups is 1. The van der Waals surface area contributed by atoms with Crippen LogP contribution in [0.3, 0.4) is 0 Å². The summed E-state index contributed by atoms with van der Waals surface area (Å²) in [5.74, 6) is -0.858. The van der Waals surface area contributed by atoms with Gasteiger partial charge in [-0.3, -0.25) is 9.78 Å². The Hall–Kier alpha value is -1.75. The van der Waals surface area contributed by atoms with E-state index in [-0.39, 0.29) is 0 Å². The smallest absolute Gasteiger partial charge is 0.315 e. The Kier molecular flexibility index (Phi) is 3.43. The number of aliphatic carboxylic acids is 1. The average molecular weight is 262 g/mol. The topological polar surface area (TPSA) is 63.1 Å². The number of rotatable bonds is 4. The first kappa shape index (κ1) is 12.7. The van der Waals surface area contributed by atoms with Crippen molar-refractivity contribution in [2.24, 2.45) is 0 Å². The molecule has 0 atom stereocenters. The summed E-state index contributed by atoms with van der Waals surface area (Å²) in [5, 5.41) is 11.9. The molecule has 0 bridgehead atoms. The van der Waals surface area contributed by atoms with Gasteiger partial charge in [0, 0.05) is 24.2 Å². The molecule has 94 valence electrons. The highest BCUT2D eigenvalue weighted by Gasteiger charge is 2.31. The van der Waals surface area contributed by atoms with E-state index in [0.717, 1.165) is 10.6 Å². The molecule has 0 aliphatic rings. The Morgan fingerprint density at radius 3 is 2.67 bits per heavy atom. The number of nitrogens with zero attached hydrogens (tertiary/aromatic N) is 2. The first-order chi connectivity index (χ1) is 8.50. The van der Waals surface area contributed by atoms with Crippen LogP contribution in [0.4, 0.5) is 0 Å². The number of carboxylic acid groups (broad SMARTS) is 1. The maximum Gasteiger partial charge on any atom is 0.315 e. The monoisotopic (exact) mass is 262 g/mol. The molecule has 2 rings (SSSR count). The van der Waals surface area contributed by atoms with Crippen molar-refractivity contribution < 1.29 is 9.90 Å². The van der Waals surface area contributed by atoms with Crippen molar-refractivity contribution in [2.75, 3.05) is 0 Å². The van der Waals surface area contributed by atoms with Gasteiger partial charge in [-0.1, -0.05) is 0 Å². The molecule has 0 aliphatic carbocycles. The molecule has 0 amide bonds. The zero-order valence-electron chi connectivity index (χ0n) is 10.3. The van der Waals surface area contributed by atoms with Gasteiger partial charge in [-0.25, -0.2) is 4.98 Å². The van der Waals surface area contributed by atoms with Crippen molar-refractivity contribution in [3.05, 3.63) is 46.2 Å². The minimum Gasteiger partial charge on any atom is -0.481 e. The van der Waals surface area contributed by atoms with Crippen LogP contribution in [-0.2, 0) is 16.6 Å². The Morgan fingerprint density at radius 1 is 1.39 bits per heavy atom. The van der Waals surface area contributed by atoms with Gasteiger partial charge in [0.2, 0.25) is 0 Å². The number of carboxylic acids is 1. The van der Waals surface area contributed by atoms with E-state index >= 15 is 0 Å². The number of aromatic nitrogens is 2. The van der Waals surface area contributed by atoms with Crippen LogP contribution >= 0.6 is 11.3 Å². The summed E-state index contributed by atoms with van der Waals surface area (Å²) in [7, 11) is 0. The summed E-state index contributed by atoms with van der Waals surface area (Å²) in [4.78, 5) is 19.5. The molecular formula is C13H14N2O2S. The molecule has 2 heterocycles. The molecule has 0 spiro atoms. The Balaban J connectivity index is 2.19. The first-order valence-corrected chi connectivity index (χ1v) is 6.45. The summed E-state index contributed by atoms with van der Waals surface area (Å²) >= 11 is 1.49. The number of hydrogen-bond donors (Lipinski definition) is 1. The van der Waals surface area contributed by atoms with E-state index in [1.54, 1.807) is 26.2 Å². The van der Waals surface area contributed by atoms with Gasteiger partial charge in [0.05, 0.1) is 10.7 Å². The van der Waals surface area contributed by atoms with E-state index < -0.39 is 11.4 Å². The van der Waals surface area contributed by atoms with Crippen molar-refractivity contribution in [2.45, 2.75) is 25.7 Å². The lowest BCUT2D eigenvalue weighted by molar-refractivity contribution is -0.142. The molecule has 0 unspecified atom stereocenters. The van der Waals surface area contributed by atoms with Gasteiger partial charge in [-0.05, 0) is 31.5 Å². The lowest BCUT2D eigenvalue weighted by Crippen LogP contribution is -2.28. The summed E-state index contributed by atoms with van der Waals surface area (Å²) in [6.45, 7) is 3.33. The molecule has 4 nitrogen and oxygen atoms in total. The zero-order chi connectivity index (χ0) is 13.2. The molecule has 0 radical (unpaired) electrons. The summed E-state index contributed by atoms with van der Waals surface area (Å²) in [6.07, 6.45) is 4.19. The van der Waals surface area contributed by atoms with Crippen LogP contribution in [0.5, 0.6) is 0 Å². The highest BCUT2D eigenvalue weighted by atomic mass is 32.1. The number of thiazole rings is 1. The highest BCUT2D eigenvalue weighted by Crippen LogP contribution is 2.26. The maximum absolute atomic E-state index is 11.1. The minimum absolute atomic E-state index is 0.615. The van der Waals surface area contributed by atoms with Crippen LogP contribution < -0.4 is 0 Å². The minimum atomic E-state index is -0.938. The van der Waals surface area contributed by atoms with Crippen molar-refractivity contribution in [3.8, 4) is 0 Å². The molecule has 2 aromatic rings. The maximum atomic E-state index is 11.1. The highest BCUT2D eigenvalue weighted by molar-refractivity contribution is 7.09. The lowest BCUT2D eigenvalue weighted by Gasteiger charge is -2.15. The number of pyridine rings is 1. The molecule has 0 saturated heterocycles. The van der Waals surface area contributed by atoms with Crippen LogP contribution in [0.1, 0.15) is 30.1 Å².